The molecular weight excluding hydrogens is 360 g/mol. The molecule has 0 unspecified atom stereocenters. The van der Waals surface area contributed by atoms with Crippen LogP contribution >= 0.6 is 0 Å². The van der Waals surface area contributed by atoms with Gasteiger partial charge in [-0.3, -0.25) is 0 Å². The van der Waals surface area contributed by atoms with Crippen LogP contribution in [0.5, 0.6) is 0 Å². The van der Waals surface area contributed by atoms with Crippen LogP contribution in [0.1, 0.15) is 11.1 Å². The van der Waals surface area contributed by atoms with Crippen molar-refractivity contribution in [1.29, 1.82) is 0 Å². The first kappa shape index (κ1) is 17.0. The van der Waals surface area contributed by atoms with Crippen LogP contribution in [0.2, 0.25) is 0 Å². The van der Waals surface area contributed by atoms with E-state index < -0.39 is 0 Å². The summed E-state index contributed by atoms with van der Waals surface area (Å²) < 4.78 is 0. The Hall–Kier alpha value is -3.90. The third-order valence-electron chi connectivity index (χ3n) is 6.04. The third kappa shape index (κ3) is 2.77. The lowest BCUT2D eigenvalue weighted by Crippen LogP contribution is -1.86. The first-order valence-corrected chi connectivity index (χ1v) is 10.4. The molecule has 0 bridgehead atoms. The van der Waals surface area contributed by atoms with Gasteiger partial charge in [-0.15, -0.1) is 0 Å². The summed E-state index contributed by atoms with van der Waals surface area (Å²) in [7, 11) is 0. The highest BCUT2D eigenvalue weighted by molar-refractivity contribution is 6.24. The van der Waals surface area contributed by atoms with Crippen LogP contribution in [-0.4, -0.2) is 0 Å². The van der Waals surface area contributed by atoms with Crippen molar-refractivity contribution in [3.05, 3.63) is 120 Å². The normalized spacial score (nSPS) is 11.9. The van der Waals surface area contributed by atoms with E-state index in [1.165, 1.54) is 54.6 Å². The molecule has 30 heavy (non-hydrogen) atoms. The molecule has 0 saturated carbocycles. The summed E-state index contributed by atoms with van der Waals surface area (Å²) in [5.41, 5.74) is 4.96. The molecule has 0 radical (unpaired) electrons. The summed E-state index contributed by atoms with van der Waals surface area (Å²) in [4.78, 5) is 0. The van der Waals surface area contributed by atoms with Crippen LogP contribution in [0, 0.1) is 0 Å². The Morgan fingerprint density at radius 3 is 1.80 bits per heavy atom. The highest BCUT2D eigenvalue weighted by Crippen LogP contribution is 2.36. The van der Waals surface area contributed by atoms with Crippen LogP contribution in [0.25, 0.3) is 55.6 Å². The fourth-order valence-electron chi connectivity index (χ4n) is 4.51. The standard InChI is InChI=1S/C30H20/c1-2-5-22(6-3-1)23-12-9-21(10-13-23)11-14-24-15-16-27-18-17-25-7-4-8-26-19-20-28(24)30(27)29(25)26/h1-20H. The van der Waals surface area contributed by atoms with Gasteiger partial charge in [0, 0.05) is 0 Å². The highest BCUT2D eigenvalue weighted by atomic mass is 14.1. The molecule has 6 aromatic rings. The molecule has 0 fully saturated rings. The SMILES string of the molecule is C(=Cc1ccc2ccc3cccc4ccc1c2c34)c1ccc(-c2ccccc2)cc1. The van der Waals surface area contributed by atoms with E-state index in [2.05, 4.69) is 121 Å². The van der Waals surface area contributed by atoms with Crippen molar-refractivity contribution in [1.82, 2.24) is 0 Å². The summed E-state index contributed by atoms with van der Waals surface area (Å²) in [6.45, 7) is 0. The third-order valence-corrected chi connectivity index (χ3v) is 6.04. The maximum absolute atomic E-state index is 2.27. The minimum Gasteiger partial charge on any atom is -0.0622 e. The van der Waals surface area contributed by atoms with Crippen LogP contribution in [0.3, 0.4) is 0 Å². The summed E-state index contributed by atoms with van der Waals surface area (Å²) in [5, 5.41) is 7.97. The molecular formula is C30H20. The second kappa shape index (κ2) is 6.86. The van der Waals surface area contributed by atoms with Crippen LogP contribution in [0.4, 0.5) is 0 Å². The van der Waals surface area contributed by atoms with Crippen LogP contribution in [-0.2, 0) is 0 Å². The second-order valence-electron chi connectivity index (χ2n) is 7.83. The van der Waals surface area contributed by atoms with E-state index in [1.54, 1.807) is 0 Å². The van der Waals surface area contributed by atoms with Gasteiger partial charge in [0.15, 0.2) is 0 Å². The Kier molecular flexibility index (Phi) is 3.89. The lowest BCUT2D eigenvalue weighted by atomic mass is 9.92. The van der Waals surface area contributed by atoms with E-state index in [9.17, 15) is 0 Å². The molecule has 0 amide bonds. The zero-order valence-corrected chi connectivity index (χ0v) is 16.5. The van der Waals surface area contributed by atoms with Gasteiger partial charge in [-0.2, -0.15) is 0 Å². The Morgan fingerprint density at radius 2 is 1.03 bits per heavy atom. The minimum atomic E-state index is 1.21. The summed E-state index contributed by atoms with van der Waals surface area (Å²) in [6.07, 6.45) is 4.45. The molecule has 0 atom stereocenters. The van der Waals surface area contributed by atoms with Gasteiger partial charge in [0.25, 0.3) is 0 Å². The summed E-state index contributed by atoms with van der Waals surface area (Å²) >= 11 is 0. The van der Waals surface area contributed by atoms with Gasteiger partial charge in [0.1, 0.15) is 0 Å². The maximum Gasteiger partial charge on any atom is -0.00208 e. The lowest BCUT2D eigenvalue weighted by Gasteiger charge is -2.12. The molecule has 0 aliphatic heterocycles. The zero-order valence-electron chi connectivity index (χ0n) is 16.5. The first-order chi connectivity index (χ1) is 14.9. The Labute approximate surface area is 176 Å². The van der Waals surface area contributed by atoms with Crippen molar-refractivity contribution in [3.8, 4) is 11.1 Å². The first-order valence-electron chi connectivity index (χ1n) is 10.4. The molecule has 0 aliphatic carbocycles. The molecule has 0 heterocycles. The molecule has 0 N–H and O–H groups in total. The smallest absolute Gasteiger partial charge is 0.00208 e. The monoisotopic (exact) mass is 380 g/mol. The zero-order chi connectivity index (χ0) is 19.9. The van der Waals surface area contributed by atoms with E-state index in [0.29, 0.717) is 0 Å². The molecule has 6 rings (SSSR count). The summed E-state index contributed by atoms with van der Waals surface area (Å²) in [5.74, 6) is 0. The Bertz CT molecular complexity index is 1490. The topological polar surface area (TPSA) is 0 Å². The van der Waals surface area contributed by atoms with Crippen molar-refractivity contribution in [2.75, 3.05) is 0 Å². The molecule has 0 heteroatoms. The minimum absolute atomic E-state index is 1.21. The van der Waals surface area contributed by atoms with Crippen molar-refractivity contribution >= 4 is 44.5 Å². The molecule has 0 saturated heterocycles. The van der Waals surface area contributed by atoms with Gasteiger partial charge >= 0.3 is 0 Å². The predicted molar refractivity (Wildman–Crippen MR) is 131 cm³/mol. The van der Waals surface area contributed by atoms with Gasteiger partial charge in [-0.1, -0.05) is 121 Å². The number of benzene rings is 6. The van der Waals surface area contributed by atoms with Gasteiger partial charge in [0.05, 0.1) is 0 Å². The Morgan fingerprint density at radius 1 is 0.400 bits per heavy atom. The average molecular weight is 380 g/mol. The molecule has 0 spiro atoms. The number of hydrogen-bond donors (Lipinski definition) is 0. The molecule has 6 aromatic carbocycles. The largest absolute Gasteiger partial charge is 0.0622 e. The van der Waals surface area contributed by atoms with Gasteiger partial charge in [0.2, 0.25) is 0 Å². The van der Waals surface area contributed by atoms with E-state index in [1.807, 2.05) is 0 Å². The molecule has 0 aliphatic rings. The van der Waals surface area contributed by atoms with Gasteiger partial charge in [-0.05, 0) is 54.6 Å². The van der Waals surface area contributed by atoms with E-state index >= 15 is 0 Å². The lowest BCUT2D eigenvalue weighted by molar-refractivity contribution is 1.60. The van der Waals surface area contributed by atoms with E-state index in [4.69, 9.17) is 0 Å². The number of rotatable bonds is 3. The quantitative estimate of drug-likeness (QED) is 0.213. The van der Waals surface area contributed by atoms with Crippen molar-refractivity contribution in [2.24, 2.45) is 0 Å². The average Bonchev–Trinajstić information content (AvgIpc) is 2.82. The van der Waals surface area contributed by atoms with Crippen molar-refractivity contribution < 1.29 is 0 Å². The molecule has 0 aromatic heterocycles. The second-order valence-corrected chi connectivity index (χ2v) is 7.83. The fraction of sp³-hybridized carbons (Fsp3) is 0. The van der Waals surface area contributed by atoms with Crippen LogP contribution < -0.4 is 0 Å². The van der Waals surface area contributed by atoms with E-state index in [-0.39, 0.29) is 0 Å². The number of hydrogen-bond acceptors (Lipinski definition) is 0. The molecule has 140 valence electrons. The van der Waals surface area contributed by atoms with Gasteiger partial charge in [-0.25, -0.2) is 0 Å². The van der Waals surface area contributed by atoms with Crippen LogP contribution in [0.15, 0.2) is 109 Å². The fourth-order valence-corrected chi connectivity index (χ4v) is 4.51. The van der Waals surface area contributed by atoms with Crippen molar-refractivity contribution in [3.63, 3.8) is 0 Å². The highest BCUT2D eigenvalue weighted by Gasteiger charge is 2.09. The Balaban J connectivity index is 1.42. The van der Waals surface area contributed by atoms with E-state index in [0.717, 1.165) is 0 Å². The molecule has 0 nitrogen and oxygen atoms in total. The maximum atomic E-state index is 2.27. The predicted octanol–water partition coefficient (Wildman–Crippen LogP) is 8.42. The summed E-state index contributed by atoms with van der Waals surface area (Å²) in [6, 6.07) is 39.3. The van der Waals surface area contributed by atoms with Crippen molar-refractivity contribution in [2.45, 2.75) is 0 Å². The van der Waals surface area contributed by atoms with Gasteiger partial charge < -0.3 is 0 Å².